The Morgan fingerprint density at radius 1 is 0.906 bits per heavy atom. The van der Waals surface area contributed by atoms with Gasteiger partial charge in [-0.2, -0.15) is 0 Å². The van der Waals surface area contributed by atoms with Crippen LogP contribution in [0.2, 0.25) is 0 Å². The molecule has 1 fully saturated rings. The van der Waals surface area contributed by atoms with Crippen molar-refractivity contribution in [3.63, 3.8) is 0 Å². The summed E-state index contributed by atoms with van der Waals surface area (Å²) in [6, 6.07) is 14.3. The van der Waals surface area contributed by atoms with Crippen LogP contribution in [0, 0.1) is 20.8 Å². The molecule has 32 heavy (non-hydrogen) atoms. The van der Waals surface area contributed by atoms with Crippen LogP contribution in [0.25, 0.3) is 0 Å². The molecule has 3 rings (SSSR count). The van der Waals surface area contributed by atoms with Gasteiger partial charge in [-0.3, -0.25) is 9.59 Å². The largest absolute Gasteiger partial charge is 0.352 e. The van der Waals surface area contributed by atoms with E-state index in [1.165, 1.54) is 24.8 Å². The molecular weight excluding hydrogens is 396 g/mol. The van der Waals surface area contributed by atoms with E-state index in [9.17, 15) is 9.59 Å². The maximum atomic E-state index is 13.5. The smallest absolute Gasteiger partial charge is 0.243 e. The molecule has 0 radical (unpaired) electrons. The second-order valence-corrected chi connectivity index (χ2v) is 9.45. The van der Waals surface area contributed by atoms with E-state index in [4.69, 9.17) is 0 Å². The van der Waals surface area contributed by atoms with Gasteiger partial charge < -0.3 is 10.2 Å². The summed E-state index contributed by atoms with van der Waals surface area (Å²) >= 11 is 0. The normalized spacial score (nSPS) is 15.2. The number of benzene rings is 2. The SMILES string of the molecule is CCC(C(=O)NC1CCCCC1)N(Cc1ccc(C)cc1)C(=O)Cc1cc(C)cc(C)c1. The van der Waals surface area contributed by atoms with Gasteiger partial charge >= 0.3 is 0 Å². The lowest BCUT2D eigenvalue weighted by Gasteiger charge is -2.33. The van der Waals surface area contributed by atoms with E-state index in [-0.39, 0.29) is 17.9 Å². The van der Waals surface area contributed by atoms with Crippen LogP contribution in [-0.4, -0.2) is 28.8 Å². The molecule has 1 atom stereocenters. The highest BCUT2D eigenvalue weighted by Gasteiger charge is 2.30. The fraction of sp³-hybridized carbons (Fsp3) is 0.500. The predicted molar refractivity (Wildman–Crippen MR) is 130 cm³/mol. The molecule has 1 aliphatic carbocycles. The molecule has 0 aliphatic heterocycles. The van der Waals surface area contributed by atoms with Crippen LogP contribution >= 0.6 is 0 Å². The fourth-order valence-corrected chi connectivity index (χ4v) is 4.80. The molecule has 4 nitrogen and oxygen atoms in total. The van der Waals surface area contributed by atoms with E-state index >= 15 is 0 Å². The molecule has 2 aromatic carbocycles. The third-order valence-electron chi connectivity index (χ3n) is 6.45. The van der Waals surface area contributed by atoms with Gasteiger partial charge in [0.1, 0.15) is 6.04 Å². The Morgan fingerprint density at radius 2 is 1.53 bits per heavy atom. The minimum absolute atomic E-state index is 0.00113. The lowest BCUT2D eigenvalue weighted by molar-refractivity contribution is -0.141. The van der Waals surface area contributed by atoms with Gasteiger partial charge in [-0.1, -0.05) is 85.3 Å². The van der Waals surface area contributed by atoms with E-state index in [0.29, 0.717) is 19.4 Å². The second-order valence-electron chi connectivity index (χ2n) is 9.45. The number of hydrogen-bond acceptors (Lipinski definition) is 2. The maximum absolute atomic E-state index is 13.5. The summed E-state index contributed by atoms with van der Waals surface area (Å²) in [6.07, 6.45) is 6.57. The average molecular weight is 435 g/mol. The Kier molecular flexibility index (Phi) is 8.49. The van der Waals surface area contributed by atoms with Crippen molar-refractivity contribution in [1.82, 2.24) is 10.2 Å². The molecule has 172 valence electrons. The quantitative estimate of drug-likeness (QED) is 0.604. The highest BCUT2D eigenvalue weighted by Crippen LogP contribution is 2.20. The van der Waals surface area contributed by atoms with Gasteiger partial charge in [-0.25, -0.2) is 0 Å². The number of nitrogens with one attached hydrogen (secondary N) is 1. The van der Waals surface area contributed by atoms with Gasteiger partial charge in [0, 0.05) is 12.6 Å². The first-order chi connectivity index (χ1) is 15.4. The summed E-state index contributed by atoms with van der Waals surface area (Å²) in [5.74, 6) is -0.0125. The Hall–Kier alpha value is -2.62. The van der Waals surface area contributed by atoms with Crippen LogP contribution in [0.15, 0.2) is 42.5 Å². The third-order valence-corrected chi connectivity index (χ3v) is 6.45. The standard InChI is InChI=1S/C28H38N2O2/c1-5-26(28(32)29-25-9-7-6-8-10-25)30(19-23-13-11-20(2)12-14-23)27(31)18-24-16-21(3)15-22(4)17-24/h11-17,25-26H,5-10,18-19H2,1-4H3,(H,29,32). The van der Waals surface area contributed by atoms with E-state index < -0.39 is 6.04 Å². The zero-order valence-corrected chi connectivity index (χ0v) is 20.1. The molecule has 2 aromatic rings. The molecule has 0 heterocycles. The van der Waals surface area contributed by atoms with Gasteiger partial charge in [0.15, 0.2) is 0 Å². The monoisotopic (exact) mass is 434 g/mol. The van der Waals surface area contributed by atoms with Crippen LogP contribution in [-0.2, 0) is 22.6 Å². The molecule has 0 saturated heterocycles. The number of hydrogen-bond donors (Lipinski definition) is 1. The summed E-state index contributed by atoms with van der Waals surface area (Å²) in [5, 5.41) is 3.25. The summed E-state index contributed by atoms with van der Waals surface area (Å²) < 4.78 is 0. The number of carbonyl (C=O) groups is 2. The van der Waals surface area contributed by atoms with Gasteiger partial charge in [0.05, 0.1) is 6.42 Å². The summed E-state index contributed by atoms with van der Waals surface area (Å²) in [5.41, 5.74) is 5.54. The predicted octanol–water partition coefficient (Wildman–Crippen LogP) is 5.41. The molecule has 1 N–H and O–H groups in total. The summed E-state index contributed by atoms with van der Waals surface area (Å²) in [4.78, 5) is 28.6. The average Bonchev–Trinajstić information content (AvgIpc) is 2.75. The Bertz CT molecular complexity index is 893. The molecule has 4 heteroatoms. The lowest BCUT2D eigenvalue weighted by atomic mass is 9.95. The van der Waals surface area contributed by atoms with Gasteiger partial charge in [0.25, 0.3) is 0 Å². The van der Waals surface area contributed by atoms with Gasteiger partial charge in [-0.15, -0.1) is 0 Å². The van der Waals surface area contributed by atoms with E-state index in [1.54, 1.807) is 4.90 Å². The Labute approximate surface area is 193 Å². The Balaban J connectivity index is 1.82. The van der Waals surface area contributed by atoms with Crippen molar-refractivity contribution in [1.29, 1.82) is 0 Å². The molecule has 0 aromatic heterocycles. The van der Waals surface area contributed by atoms with Crippen molar-refractivity contribution in [3.8, 4) is 0 Å². The zero-order valence-electron chi connectivity index (χ0n) is 20.1. The molecule has 1 unspecified atom stereocenters. The summed E-state index contributed by atoms with van der Waals surface area (Å²) in [6.45, 7) is 8.60. The highest BCUT2D eigenvalue weighted by molar-refractivity contribution is 5.88. The lowest BCUT2D eigenvalue weighted by Crippen LogP contribution is -2.51. The van der Waals surface area contributed by atoms with E-state index in [1.807, 2.05) is 6.92 Å². The number of amides is 2. The van der Waals surface area contributed by atoms with E-state index in [2.05, 4.69) is 68.6 Å². The van der Waals surface area contributed by atoms with Crippen LogP contribution in [0.4, 0.5) is 0 Å². The number of nitrogens with zero attached hydrogens (tertiary/aromatic N) is 1. The van der Waals surface area contributed by atoms with Crippen molar-refractivity contribution >= 4 is 11.8 Å². The molecule has 1 saturated carbocycles. The van der Waals surface area contributed by atoms with Gasteiger partial charge in [0.2, 0.25) is 11.8 Å². The van der Waals surface area contributed by atoms with Crippen molar-refractivity contribution in [2.45, 2.75) is 91.3 Å². The highest BCUT2D eigenvalue weighted by atomic mass is 16.2. The van der Waals surface area contributed by atoms with Crippen LogP contribution in [0.5, 0.6) is 0 Å². The van der Waals surface area contributed by atoms with Crippen LogP contribution < -0.4 is 5.32 Å². The molecule has 0 bridgehead atoms. The first-order valence-corrected chi connectivity index (χ1v) is 12.1. The van der Waals surface area contributed by atoms with Crippen molar-refractivity contribution in [2.24, 2.45) is 0 Å². The second kappa shape index (κ2) is 11.3. The minimum atomic E-state index is -0.461. The number of aryl methyl sites for hydroxylation is 3. The van der Waals surface area contributed by atoms with Crippen molar-refractivity contribution in [3.05, 3.63) is 70.3 Å². The van der Waals surface area contributed by atoms with Crippen molar-refractivity contribution < 1.29 is 9.59 Å². The first kappa shape index (κ1) is 24.0. The minimum Gasteiger partial charge on any atom is -0.352 e. The topological polar surface area (TPSA) is 49.4 Å². The third kappa shape index (κ3) is 6.69. The summed E-state index contributed by atoms with van der Waals surface area (Å²) in [7, 11) is 0. The molecule has 2 amide bonds. The van der Waals surface area contributed by atoms with Crippen molar-refractivity contribution in [2.75, 3.05) is 0 Å². The molecular formula is C28H38N2O2. The van der Waals surface area contributed by atoms with Crippen LogP contribution in [0.3, 0.4) is 0 Å². The Morgan fingerprint density at radius 3 is 2.12 bits per heavy atom. The molecule has 1 aliphatic rings. The van der Waals surface area contributed by atoms with E-state index in [0.717, 1.165) is 35.1 Å². The maximum Gasteiger partial charge on any atom is 0.243 e. The number of carbonyl (C=O) groups excluding carboxylic acids is 2. The van der Waals surface area contributed by atoms with Crippen LogP contribution in [0.1, 0.15) is 73.3 Å². The zero-order chi connectivity index (χ0) is 23.1. The fourth-order valence-electron chi connectivity index (χ4n) is 4.80. The van der Waals surface area contributed by atoms with Gasteiger partial charge in [-0.05, 0) is 51.2 Å². The molecule has 0 spiro atoms. The first-order valence-electron chi connectivity index (χ1n) is 12.1. The number of rotatable bonds is 8.